The molecule has 0 saturated heterocycles. The minimum absolute atomic E-state index is 0.0458. The second-order valence-corrected chi connectivity index (χ2v) is 5.71. The van der Waals surface area contributed by atoms with Crippen LogP contribution in [-0.2, 0) is 11.3 Å². The second kappa shape index (κ2) is 6.88. The van der Waals surface area contributed by atoms with Gasteiger partial charge in [-0.05, 0) is 32.9 Å². The number of phenolic OH excluding ortho intramolecular Hbond substituents is 2. The maximum atomic E-state index is 13.5. The normalized spacial score (nSPS) is 13.4. The second-order valence-electron chi connectivity index (χ2n) is 5.71. The van der Waals surface area contributed by atoms with Crippen LogP contribution in [0, 0.1) is 5.82 Å². The van der Waals surface area contributed by atoms with Crippen LogP contribution in [0.1, 0.15) is 26.3 Å². The average Bonchev–Trinajstić information content (AvgIpc) is 2.35. The van der Waals surface area contributed by atoms with Gasteiger partial charge in [0, 0.05) is 17.6 Å². The molecule has 20 heavy (non-hydrogen) atoms. The van der Waals surface area contributed by atoms with Crippen LogP contribution in [0.5, 0.6) is 11.5 Å². The molecule has 1 unspecified atom stereocenters. The number of hydrogen-bond donors (Lipinski definition) is 4. The van der Waals surface area contributed by atoms with Crippen LogP contribution in [0.25, 0.3) is 0 Å². The molecule has 0 aliphatic heterocycles. The van der Waals surface area contributed by atoms with Crippen LogP contribution < -0.4 is 5.32 Å². The summed E-state index contributed by atoms with van der Waals surface area (Å²) in [7, 11) is 0. The number of phenols is 2. The lowest BCUT2D eigenvalue weighted by molar-refractivity contribution is 0.0251. The van der Waals surface area contributed by atoms with Crippen LogP contribution >= 0.6 is 0 Å². The summed E-state index contributed by atoms with van der Waals surface area (Å²) in [6.45, 7) is 6.27. The van der Waals surface area contributed by atoms with Crippen LogP contribution in [0.3, 0.4) is 0 Å². The minimum Gasteiger partial charge on any atom is -0.504 e. The topological polar surface area (TPSA) is 82.0 Å². The summed E-state index contributed by atoms with van der Waals surface area (Å²) in [5, 5.41) is 31.1. The van der Waals surface area contributed by atoms with Crippen molar-refractivity contribution in [3.05, 3.63) is 23.5 Å². The lowest BCUT2D eigenvalue weighted by Crippen LogP contribution is -2.42. The Bertz CT molecular complexity index is 446. The average molecular weight is 287 g/mol. The highest BCUT2D eigenvalue weighted by Gasteiger charge is 2.14. The fourth-order valence-electron chi connectivity index (χ4n) is 1.50. The highest BCUT2D eigenvalue weighted by atomic mass is 19.1. The number of β-amino-alcohol motifs (C(OH)–C–C–N with tert-alkyl or cyclic N) is 1. The van der Waals surface area contributed by atoms with E-state index in [0.29, 0.717) is 6.54 Å². The van der Waals surface area contributed by atoms with Crippen molar-refractivity contribution in [1.29, 1.82) is 0 Å². The summed E-state index contributed by atoms with van der Waals surface area (Å²) in [5.41, 5.74) is 0.0202. The van der Waals surface area contributed by atoms with E-state index in [2.05, 4.69) is 5.32 Å². The lowest BCUT2D eigenvalue weighted by Gasteiger charge is -2.22. The van der Waals surface area contributed by atoms with E-state index in [1.54, 1.807) is 0 Å². The number of aliphatic hydroxyl groups excluding tert-OH is 1. The van der Waals surface area contributed by atoms with Gasteiger partial charge in [-0.25, -0.2) is 4.39 Å². The Labute approximate surface area is 118 Å². The molecular weight excluding hydrogens is 265 g/mol. The standard InChI is InChI=1S/C14H22FNO4/c1-14(2,3)16-6-10(17)8-20-7-9-4-5-11(18)13(19)12(9)15/h4-5,10,16-19H,6-8H2,1-3H3. The summed E-state index contributed by atoms with van der Waals surface area (Å²) < 4.78 is 18.7. The van der Waals surface area contributed by atoms with Gasteiger partial charge in [0.1, 0.15) is 0 Å². The molecule has 0 spiro atoms. The highest BCUT2D eigenvalue weighted by Crippen LogP contribution is 2.29. The lowest BCUT2D eigenvalue weighted by atomic mass is 10.1. The summed E-state index contributed by atoms with van der Waals surface area (Å²) in [6.07, 6.45) is -0.706. The van der Waals surface area contributed by atoms with Crippen molar-refractivity contribution < 1.29 is 24.4 Å². The molecule has 0 amide bonds. The number of aliphatic hydroxyl groups is 1. The zero-order chi connectivity index (χ0) is 15.3. The predicted octanol–water partition coefficient (Wildman–Crippen LogP) is 1.50. The number of nitrogens with one attached hydrogen (secondary N) is 1. The first kappa shape index (κ1) is 16.7. The molecule has 1 rings (SSSR count). The van der Waals surface area contributed by atoms with Gasteiger partial charge in [0.05, 0.1) is 19.3 Å². The first-order chi connectivity index (χ1) is 9.20. The monoisotopic (exact) mass is 287 g/mol. The van der Waals surface area contributed by atoms with Crippen LogP contribution in [0.2, 0.25) is 0 Å². The van der Waals surface area contributed by atoms with E-state index >= 15 is 0 Å². The molecule has 1 atom stereocenters. The number of halogens is 1. The van der Waals surface area contributed by atoms with Gasteiger partial charge < -0.3 is 25.4 Å². The fourth-order valence-corrected chi connectivity index (χ4v) is 1.50. The largest absolute Gasteiger partial charge is 0.504 e. The van der Waals surface area contributed by atoms with E-state index < -0.39 is 23.4 Å². The molecule has 0 aliphatic rings. The van der Waals surface area contributed by atoms with Crippen molar-refractivity contribution in [2.45, 2.75) is 39.0 Å². The van der Waals surface area contributed by atoms with Gasteiger partial charge in [-0.1, -0.05) is 0 Å². The molecule has 0 bridgehead atoms. The Kier molecular flexibility index (Phi) is 5.74. The Morgan fingerprint density at radius 1 is 1.30 bits per heavy atom. The maximum absolute atomic E-state index is 13.5. The SMILES string of the molecule is CC(C)(C)NCC(O)COCc1ccc(O)c(O)c1F. The molecule has 1 aromatic rings. The third-order valence-corrected chi connectivity index (χ3v) is 2.61. The van der Waals surface area contributed by atoms with E-state index in [0.717, 1.165) is 0 Å². The molecule has 0 aromatic heterocycles. The van der Waals surface area contributed by atoms with Gasteiger partial charge in [0.2, 0.25) is 0 Å². The van der Waals surface area contributed by atoms with Gasteiger partial charge in [-0.15, -0.1) is 0 Å². The molecule has 0 fully saturated rings. The molecule has 6 heteroatoms. The first-order valence-electron chi connectivity index (χ1n) is 6.41. The van der Waals surface area contributed by atoms with Crippen molar-refractivity contribution in [2.24, 2.45) is 0 Å². The molecule has 0 heterocycles. The Balaban J connectivity index is 2.39. The van der Waals surface area contributed by atoms with Crippen molar-refractivity contribution in [3.63, 3.8) is 0 Å². The Morgan fingerprint density at radius 2 is 1.95 bits per heavy atom. The fraction of sp³-hybridized carbons (Fsp3) is 0.571. The zero-order valence-corrected chi connectivity index (χ0v) is 12.0. The molecule has 4 N–H and O–H groups in total. The smallest absolute Gasteiger partial charge is 0.194 e. The van der Waals surface area contributed by atoms with Crippen molar-refractivity contribution in [3.8, 4) is 11.5 Å². The van der Waals surface area contributed by atoms with Crippen LogP contribution in [0.15, 0.2) is 12.1 Å². The molecule has 0 radical (unpaired) electrons. The van der Waals surface area contributed by atoms with Crippen molar-refractivity contribution >= 4 is 0 Å². The van der Waals surface area contributed by atoms with Gasteiger partial charge in [0.25, 0.3) is 0 Å². The molecule has 5 nitrogen and oxygen atoms in total. The molecular formula is C14H22FNO4. The van der Waals surface area contributed by atoms with Gasteiger partial charge in [-0.2, -0.15) is 0 Å². The van der Waals surface area contributed by atoms with Crippen molar-refractivity contribution in [2.75, 3.05) is 13.2 Å². The molecule has 0 aliphatic carbocycles. The quantitative estimate of drug-likeness (QED) is 0.596. The molecule has 114 valence electrons. The van der Waals surface area contributed by atoms with E-state index in [-0.39, 0.29) is 24.3 Å². The maximum Gasteiger partial charge on any atom is 0.194 e. The van der Waals surface area contributed by atoms with Gasteiger partial charge in [0.15, 0.2) is 17.3 Å². The third kappa shape index (κ3) is 5.32. The molecule has 1 aromatic carbocycles. The summed E-state index contributed by atoms with van der Waals surface area (Å²) >= 11 is 0. The number of hydrogen-bond acceptors (Lipinski definition) is 5. The number of benzene rings is 1. The predicted molar refractivity (Wildman–Crippen MR) is 73.1 cm³/mol. The summed E-state index contributed by atoms with van der Waals surface area (Å²) in [4.78, 5) is 0. The van der Waals surface area contributed by atoms with Crippen molar-refractivity contribution in [1.82, 2.24) is 5.32 Å². The van der Waals surface area contributed by atoms with E-state index in [1.165, 1.54) is 12.1 Å². The number of rotatable bonds is 6. The zero-order valence-electron chi connectivity index (χ0n) is 12.0. The summed E-state index contributed by atoms with van der Waals surface area (Å²) in [6, 6.07) is 2.51. The van der Waals surface area contributed by atoms with Gasteiger partial charge >= 0.3 is 0 Å². The highest BCUT2D eigenvalue weighted by molar-refractivity contribution is 5.42. The summed E-state index contributed by atoms with van der Waals surface area (Å²) in [5.74, 6) is -2.21. The van der Waals surface area contributed by atoms with E-state index in [4.69, 9.17) is 9.84 Å². The van der Waals surface area contributed by atoms with Crippen LogP contribution in [0.4, 0.5) is 4.39 Å². The van der Waals surface area contributed by atoms with Gasteiger partial charge in [-0.3, -0.25) is 0 Å². The Hall–Kier alpha value is -1.37. The number of aromatic hydroxyl groups is 2. The van der Waals surface area contributed by atoms with Crippen LogP contribution in [-0.4, -0.2) is 40.1 Å². The minimum atomic E-state index is -0.910. The Morgan fingerprint density at radius 3 is 2.55 bits per heavy atom. The van der Waals surface area contributed by atoms with E-state index in [9.17, 15) is 14.6 Å². The number of ether oxygens (including phenoxy) is 1. The first-order valence-corrected chi connectivity index (χ1v) is 6.41. The third-order valence-electron chi connectivity index (χ3n) is 2.61. The van der Waals surface area contributed by atoms with E-state index in [1.807, 2.05) is 20.8 Å². The molecule has 0 saturated carbocycles.